The minimum atomic E-state index is -2.95. The van der Waals surface area contributed by atoms with Crippen LogP contribution < -0.4 is 5.32 Å². The zero-order valence-electron chi connectivity index (χ0n) is 10.0. The molecule has 18 heavy (non-hydrogen) atoms. The molecule has 1 atom stereocenters. The van der Waals surface area contributed by atoms with Gasteiger partial charge in [0.25, 0.3) is 0 Å². The molecule has 4 nitrogen and oxygen atoms in total. The fourth-order valence-electron chi connectivity index (χ4n) is 1.86. The predicted octanol–water partition coefficient (Wildman–Crippen LogP) is 1.45. The van der Waals surface area contributed by atoms with Crippen molar-refractivity contribution in [1.82, 2.24) is 5.32 Å². The van der Waals surface area contributed by atoms with Crippen molar-refractivity contribution in [3.8, 4) is 0 Å². The van der Waals surface area contributed by atoms with Crippen LogP contribution in [0, 0.1) is 0 Å². The van der Waals surface area contributed by atoms with Crippen LogP contribution >= 0.6 is 11.3 Å². The molecule has 1 aliphatic heterocycles. The molecule has 0 spiro atoms. The van der Waals surface area contributed by atoms with Crippen molar-refractivity contribution in [3.63, 3.8) is 0 Å². The highest BCUT2D eigenvalue weighted by atomic mass is 32.2. The van der Waals surface area contributed by atoms with E-state index in [1.54, 1.807) is 18.3 Å². The second-order valence-electron chi connectivity index (χ2n) is 4.42. The highest BCUT2D eigenvalue weighted by molar-refractivity contribution is 7.91. The highest BCUT2D eigenvalue weighted by Gasteiger charge is 2.28. The fourth-order valence-corrected chi connectivity index (χ4v) is 4.25. The van der Waals surface area contributed by atoms with E-state index in [1.807, 2.05) is 23.6 Å². The zero-order valence-corrected chi connectivity index (χ0v) is 11.7. The minimum absolute atomic E-state index is 0.0605. The van der Waals surface area contributed by atoms with Gasteiger partial charge in [-0.3, -0.25) is 4.79 Å². The summed E-state index contributed by atoms with van der Waals surface area (Å²) in [5.41, 5.74) is 0.599. The van der Waals surface area contributed by atoms with E-state index in [0.717, 1.165) is 4.88 Å². The molecule has 1 aliphatic rings. The van der Waals surface area contributed by atoms with E-state index in [2.05, 4.69) is 5.32 Å². The quantitative estimate of drug-likeness (QED) is 0.855. The Morgan fingerprint density at radius 2 is 2.33 bits per heavy atom. The molecule has 0 aliphatic carbocycles. The first kappa shape index (κ1) is 13.3. The Kier molecular flexibility index (Phi) is 3.87. The number of thiophene rings is 1. The summed E-state index contributed by atoms with van der Waals surface area (Å²) in [5, 5.41) is 4.71. The Morgan fingerprint density at radius 1 is 1.56 bits per heavy atom. The van der Waals surface area contributed by atoms with Crippen LogP contribution in [0.3, 0.4) is 0 Å². The molecule has 1 aromatic heterocycles. The lowest BCUT2D eigenvalue weighted by molar-refractivity contribution is -0.117. The topological polar surface area (TPSA) is 63.2 Å². The van der Waals surface area contributed by atoms with Crippen molar-refractivity contribution in [1.29, 1.82) is 0 Å². The number of hydrogen-bond acceptors (Lipinski definition) is 4. The monoisotopic (exact) mass is 285 g/mol. The number of nitrogens with one attached hydrogen (secondary N) is 1. The first-order valence-electron chi connectivity index (χ1n) is 5.69. The van der Waals surface area contributed by atoms with Crippen LogP contribution in [0.1, 0.15) is 18.2 Å². The predicted molar refractivity (Wildman–Crippen MR) is 73.2 cm³/mol. The summed E-state index contributed by atoms with van der Waals surface area (Å²) in [6, 6.07) is 3.61. The van der Waals surface area contributed by atoms with Gasteiger partial charge in [0.1, 0.15) is 0 Å². The van der Waals surface area contributed by atoms with Gasteiger partial charge < -0.3 is 5.32 Å². The molecular formula is C12H15NO3S2. The summed E-state index contributed by atoms with van der Waals surface area (Å²) in [5.74, 6) is 0.0434. The number of carbonyl (C=O) groups is 1. The Morgan fingerprint density at radius 3 is 2.89 bits per heavy atom. The summed E-state index contributed by atoms with van der Waals surface area (Å²) in [6.07, 6.45) is 2.32. The lowest BCUT2D eigenvalue weighted by atomic mass is 10.2. The molecule has 0 aromatic carbocycles. The molecule has 2 heterocycles. The molecule has 98 valence electrons. The summed E-state index contributed by atoms with van der Waals surface area (Å²) >= 11 is 1.56. The lowest BCUT2D eigenvalue weighted by Gasteiger charge is -2.10. The molecule has 0 bridgehead atoms. The number of amides is 1. The summed E-state index contributed by atoms with van der Waals surface area (Å²) in [4.78, 5) is 12.9. The van der Waals surface area contributed by atoms with E-state index in [0.29, 0.717) is 12.0 Å². The SMILES string of the molecule is C/C(=C\c1cccs1)C(=O)NC1CCS(=O)(=O)C1. The zero-order chi connectivity index (χ0) is 13.2. The molecule has 1 unspecified atom stereocenters. The number of carbonyl (C=O) groups excluding carboxylic acids is 1. The van der Waals surface area contributed by atoms with Gasteiger partial charge in [-0.05, 0) is 30.9 Å². The highest BCUT2D eigenvalue weighted by Crippen LogP contribution is 2.15. The first-order valence-corrected chi connectivity index (χ1v) is 8.39. The summed E-state index contributed by atoms with van der Waals surface area (Å²) < 4.78 is 22.6. The van der Waals surface area contributed by atoms with Gasteiger partial charge in [-0.25, -0.2) is 8.42 Å². The maximum Gasteiger partial charge on any atom is 0.247 e. The van der Waals surface area contributed by atoms with Gasteiger partial charge >= 0.3 is 0 Å². The van der Waals surface area contributed by atoms with Crippen LogP contribution in [0.4, 0.5) is 0 Å². The third kappa shape index (κ3) is 3.43. The van der Waals surface area contributed by atoms with Crippen molar-refractivity contribution in [2.75, 3.05) is 11.5 Å². The van der Waals surface area contributed by atoms with E-state index in [-0.39, 0.29) is 23.5 Å². The second kappa shape index (κ2) is 5.24. The molecule has 1 aromatic rings. The van der Waals surface area contributed by atoms with E-state index < -0.39 is 9.84 Å². The Balaban J connectivity index is 1.96. The molecule has 1 fully saturated rings. The lowest BCUT2D eigenvalue weighted by Crippen LogP contribution is -2.35. The van der Waals surface area contributed by atoms with Gasteiger partial charge in [0, 0.05) is 16.5 Å². The van der Waals surface area contributed by atoms with Gasteiger partial charge in [-0.1, -0.05) is 6.07 Å². The van der Waals surface area contributed by atoms with Crippen LogP contribution in [0.15, 0.2) is 23.1 Å². The van der Waals surface area contributed by atoms with E-state index >= 15 is 0 Å². The maximum atomic E-state index is 11.9. The summed E-state index contributed by atoms with van der Waals surface area (Å²) in [6.45, 7) is 1.73. The molecule has 2 rings (SSSR count). The normalized spacial score (nSPS) is 22.9. The van der Waals surface area contributed by atoms with Crippen molar-refractivity contribution >= 4 is 33.2 Å². The summed E-state index contributed by atoms with van der Waals surface area (Å²) in [7, 11) is -2.95. The van der Waals surface area contributed by atoms with Crippen molar-refractivity contribution < 1.29 is 13.2 Å². The molecule has 6 heteroatoms. The van der Waals surface area contributed by atoms with Crippen LogP contribution in [0.25, 0.3) is 6.08 Å². The molecule has 1 N–H and O–H groups in total. The Labute approximate surface area is 111 Å². The van der Waals surface area contributed by atoms with Gasteiger partial charge in [0.2, 0.25) is 5.91 Å². The smallest absolute Gasteiger partial charge is 0.247 e. The van der Waals surface area contributed by atoms with Crippen LogP contribution in [-0.2, 0) is 14.6 Å². The van der Waals surface area contributed by atoms with E-state index in [9.17, 15) is 13.2 Å². The molecule has 1 amide bonds. The Hall–Kier alpha value is -1.14. The van der Waals surface area contributed by atoms with Crippen LogP contribution in [-0.4, -0.2) is 31.9 Å². The van der Waals surface area contributed by atoms with E-state index in [1.165, 1.54) is 0 Å². The van der Waals surface area contributed by atoms with Gasteiger partial charge in [0.15, 0.2) is 9.84 Å². The van der Waals surface area contributed by atoms with Crippen molar-refractivity contribution in [3.05, 3.63) is 28.0 Å². The first-order chi connectivity index (χ1) is 8.46. The molecule has 0 radical (unpaired) electrons. The average molecular weight is 285 g/mol. The average Bonchev–Trinajstić information content (AvgIpc) is 2.88. The minimum Gasteiger partial charge on any atom is -0.349 e. The van der Waals surface area contributed by atoms with Crippen LogP contribution in [0.2, 0.25) is 0 Å². The van der Waals surface area contributed by atoms with E-state index in [4.69, 9.17) is 0 Å². The van der Waals surface area contributed by atoms with Gasteiger partial charge in [-0.15, -0.1) is 11.3 Å². The van der Waals surface area contributed by atoms with Crippen molar-refractivity contribution in [2.45, 2.75) is 19.4 Å². The fraction of sp³-hybridized carbons (Fsp3) is 0.417. The van der Waals surface area contributed by atoms with Gasteiger partial charge in [-0.2, -0.15) is 0 Å². The molecule has 0 saturated carbocycles. The van der Waals surface area contributed by atoms with Crippen molar-refractivity contribution in [2.24, 2.45) is 0 Å². The Bertz CT molecular complexity index is 558. The largest absolute Gasteiger partial charge is 0.349 e. The third-order valence-corrected chi connectivity index (χ3v) is 5.42. The standard InChI is InChI=1S/C12H15NO3S2/c1-9(7-11-3-2-5-17-11)12(14)13-10-4-6-18(15,16)8-10/h2-3,5,7,10H,4,6,8H2,1H3,(H,13,14)/b9-7+. The number of sulfone groups is 1. The molecule has 1 saturated heterocycles. The van der Waals surface area contributed by atoms with Gasteiger partial charge in [0.05, 0.1) is 11.5 Å². The number of rotatable bonds is 3. The maximum absolute atomic E-state index is 11.9. The molecular weight excluding hydrogens is 270 g/mol. The number of hydrogen-bond donors (Lipinski definition) is 1. The third-order valence-electron chi connectivity index (χ3n) is 2.83. The van der Waals surface area contributed by atoms with Crippen LogP contribution in [0.5, 0.6) is 0 Å². The second-order valence-corrected chi connectivity index (χ2v) is 7.62.